The summed E-state index contributed by atoms with van der Waals surface area (Å²) in [5, 5.41) is 21.6. The van der Waals surface area contributed by atoms with Crippen LogP contribution in [0.5, 0.6) is 0 Å². The molecule has 12 nitrogen and oxygen atoms in total. The third kappa shape index (κ3) is 9.63. The number of carbonyl (C=O) groups is 4. The summed E-state index contributed by atoms with van der Waals surface area (Å²) >= 11 is 0. The highest BCUT2D eigenvalue weighted by molar-refractivity contribution is 5.85. The largest absolute Gasteiger partial charge is 0.445 e. The van der Waals surface area contributed by atoms with Crippen molar-refractivity contribution in [1.82, 2.24) is 16.0 Å². The molecule has 1 aliphatic rings. The normalized spacial score (nSPS) is 14.4. The van der Waals surface area contributed by atoms with Crippen LogP contribution in [0.25, 0.3) is 0 Å². The number of primary amides is 1. The summed E-state index contributed by atoms with van der Waals surface area (Å²) in [4.78, 5) is 45.9. The van der Waals surface area contributed by atoms with Gasteiger partial charge in [0.2, 0.25) is 17.7 Å². The number of anilines is 1. The van der Waals surface area contributed by atoms with Gasteiger partial charge in [-0.05, 0) is 43.4 Å². The lowest BCUT2D eigenvalue weighted by atomic mass is 10.1. The topological polar surface area (TPSA) is 198 Å². The van der Waals surface area contributed by atoms with Gasteiger partial charge in [-0.2, -0.15) is 0 Å². The molecule has 0 radical (unpaired) electrons. The van der Waals surface area contributed by atoms with E-state index in [4.69, 9.17) is 16.2 Å². The number of nitrogens with one attached hydrogen (secondary N) is 4. The lowest BCUT2D eigenvalue weighted by molar-refractivity contribution is -0.127. The summed E-state index contributed by atoms with van der Waals surface area (Å²) < 4.78 is 4.72. The lowest BCUT2D eigenvalue weighted by Gasteiger charge is -2.25. The molecule has 188 valence electrons. The minimum Gasteiger partial charge on any atom is -0.445 e. The maximum Gasteiger partial charge on any atom is 0.404 e. The van der Waals surface area contributed by atoms with E-state index in [9.17, 15) is 24.3 Å². The molecule has 1 aromatic rings. The fraction of sp³-hybridized carbons (Fsp3) is 0.545. The zero-order valence-electron chi connectivity index (χ0n) is 19.1. The Kier molecular flexibility index (Phi) is 10.6. The number of unbranched alkanes of at least 4 members (excludes halogenated alkanes) is 2. The molecule has 0 aliphatic heterocycles. The van der Waals surface area contributed by atoms with Gasteiger partial charge in [-0.1, -0.05) is 18.6 Å². The van der Waals surface area contributed by atoms with E-state index < -0.39 is 17.9 Å². The molecular formula is C22H34N6O6. The van der Waals surface area contributed by atoms with Gasteiger partial charge in [0.1, 0.15) is 12.8 Å². The Morgan fingerprint density at radius 3 is 2.32 bits per heavy atom. The van der Waals surface area contributed by atoms with Crippen LogP contribution in [-0.2, 0) is 25.7 Å². The smallest absolute Gasteiger partial charge is 0.404 e. The molecule has 9 N–H and O–H groups in total. The Morgan fingerprint density at radius 2 is 1.71 bits per heavy atom. The highest BCUT2D eigenvalue weighted by atomic mass is 16.5. The molecular weight excluding hydrogens is 444 g/mol. The van der Waals surface area contributed by atoms with Gasteiger partial charge in [0.25, 0.3) is 0 Å². The van der Waals surface area contributed by atoms with Gasteiger partial charge in [-0.15, -0.1) is 0 Å². The number of aliphatic hydroxyl groups excluding tert-OH is 1. The van der Waals surface area contributed by atoms with Crippen molar-refractivity contribution in [2.75, 3.05) is 25.0 Å². The maximum absolute atomic E-state index is 12.3. The number of carbonyl (C=O) groups excluding carboxylic acids is 4. The molecule has 1 saturated carbocycles. The molecule has 1 aromatic carbocycles. The molecule has 2 rings (SSSR count). The van der Waals surface area contributed by atoms with Crippen LogP contribution in [0.4, 0.5) is 10.5 Å². The van der Waals surface area contributed by atoms with Gasteiger partial charge >= 0.3 is 6.09 Å². The molecule has 1 fully saturated rings. The summed E-state index contributed by atoms with van der Waals surface area (Å²) in [6.07, 6.45) is 1.78. The number of aliphatic hydroxyl groups is 1. The Morgan fingerprint density at radius 1 is 1.00 bits per heavy atom. The summed E-state index contributed by atoms with van der Waals surface area (Å²) in [5.41, 5.74) is 10.7. The second kappa shape index (κ2) is 13.4. The molecule has 0 spiro atoms. The zero-order chi connectivity index (χ0) is 25.0. The number of hydrogen-bond donors (Lipinski definition) is 7. The summed E-state index contributed by atoms with van der Waals surface area (Å²) in [6, 6.07) is 6.88. The Bertz CT molecular complexity index is 843. The third-order valence-electron chi connectivity index (χ3n) is 5.37. The van der Waals surface area contributed by atoms with E-state index in [0.717, 1.165) is 18.4 Å². The number of benzene rings is 1. The number of amides is 4. The van der Waals surface area contributed by atoms with Gasteiger partial charge in [0.05, 0.1) is 18.6 Å². The van der Waals surface area contributed by atoms with Gasteiger partial charge < -0.3 is 42.6 Å². The van der Waals surface area contributed by atoms with Gasteiger partial charge in [0, 0.05) is 18.7 Å². The molecule has 1 aliphatic carbocycles. The van der Waals surface area contributed by atoms with Gasteiger partial charge in [-0.3, -0.25) is 14.4 Å². The second-order valence-corrected chi connectivity index (χ2v) is 8.20. The number of rotatable bonds is 15. The molecule has 1 unspecified atom stereocenters. The molecule has 34 heavy (non-hydrogen) atoms. The summed E-state index contributed by atoms with van der Waals surface area (Å²) in [7, 11) is 0. The van der Waals surface area contributed by atoms with Crippen molar-refractivity contribution in [2.45, 2.75) is 56.9 Å². The number of nitrogens with two attached hydrogens (primary N) is 2. The average Bonchev–Trinajstić information content (AvgIpc) is 3.59. The lowest BCUT2D eigenvalue weighted by Crippen LogP contribution is -2.51. The fourth-order valence-electron chi connectivity index (χ4n) is 3.23. The van der Waals surface area contributed by atoms with E-state index in [1.807, 2.05) is 0 Å². The predicted octanol–water partition coefficient (Wildman–Crippen LogP) is -0.587. The van der Waals surface area contributed by atoms with Crippen molar-refractivity contribution in [1.29, 1.82) is 0 Å². The van der Waals surface area contributed by atoms with Crippen molar-refractivity contribution < 1.29 is 29.0 Å². The van der Waals surface area contributed by atoms with E-state index in [1.54, 1.807) is 24.3 Å². The van der Waals surface area contributed by atoms with E-state index in [1.165, 1.54) is 0 Å². The van der Waals surface area contributed by atoms with Crippen LogP contribution >= 0.6 is 0 Å². The molecule has 0 bridgehead atoms. The first kappa shape index (κ1) is 26.9. The Balaban J connectivity index is 1.64. The Hall–Kier alpha value is -3.38. The SMILES string of the molecule is NCC(=O)NCCCCCC(=O)NCC(=O)NC1(C(O)Nc2ccc(COC(N)=O)cc2)CC1. The van der Waals surface area contributed by atoms with E-state index in [2.05, 4.69) is 21.3 Å². The van der Waals surface area contributed by atoms with Crippen LogP contribution < -0.4 is 32.7 Å². The fourth-order valence-corrected chi connectivity index (χ4v) is 3.23. The van der Waals surface area contributed by atoms with Crippen LogP contribution in [-0.4, -0.2) is 60.3 Å². The van der Waals surface area contributed by atoms with Gasteiger partial charge in [-0.25, -0.2) is 4.79 Å². The monoisotopic (exact) mass is 478 g/mol. The van der Waals surface area contributed by atoms with Crippen molar-refractivity contribution in [3.05, 3.63) is 29.8 Å². The van der Waals surface area contributed by atoms with E-state index in [0.29, 0.717) is 31.5 Å². The molecule has 12 heteroatoms. The van der Waals surface area contributed by atoms with Crippen molar-refractivity contribution in [2.24, 2.45) is 11.5 Å². The molecule has 0 heterocycles. The summed E-state index contributed by atoms with van der Waals surface area (Å²) in [6.45, 7) is 0.360. The number of hydrogen-bond acceptors (Lipinski definition) is 8. The first-order valence-corrected chi connectivity index (χ1v) is 11.2. The first-order valence-electron chi connectivity index (χ1n) is 11.2. The zero-order valence-corrected chi connectivity index (χ0v) is 19.1. The van der Waals surface area contributed by atoms with Crippen LogP contribution in [0.2, 0.25) is 0 Å². The number of ether oxygens (including phenoxy) is 1. The molecule has 4 amide bonds. The third-order valence-corrected chi connectivity index (χ3v) is 5.37. The van der Waals surface area contributed by atoms with Crippen molar-refractivity contribution in [3.63, 3.8) is 0 Å². The maximum atomic E-state index is 12.3. The van der Waals surface area contributed by atoms with E-state index in [-0.39, 0.29) is 43.8 Å². The van der Waals surface area contributed by atoms with Crippen molar-refractivity contribution >= 4 is 29.5 Å². The Labute approximate surface area is 198 Å². The molecule has 0 saturated heterocycles. The minimum atomic E-state index is -1.01. The van der Waals surface area contributed by atoms with Crippen molar-refractivity contribution in [3.8, 4) is 0 Å². The standard InChI is InChI=1S/C22H34N6O6/c23-12-18(30)25-11-3-1-2-4-17(29)26-13-19(31)28-22(9-10-22)20(32)27-16-7-5-15(6-8-16)14-34-21(24)33/h5-8,20,27,32H,1-4,9-14,23H2,(H2,24,33)(H,25,30)(H,26,29)(H,28,31). The minimum absolute atomic E-state index is 0.0402. The van der Waals surface area contributed by atoms with E-state index >= 15 is 0 Å². The quantitative estimate of drug-likeness (QED) is 0.128. The highest BCUT2D eigenvalue weighted by Gasteiger charge is 2.50. The highest BCUT2D eigenvalue weighted by Crippen LogP contribution is 2.39. The summed E-state index contributed by atoms with van der Waals surface area (Å²) in [5.74, 6) is -0.817. The first-order chi connectivity index (χ1) is 16.2. The molecule has 1 atom stereocenters. The van der Waals surface area contributed by atoms with Crippen LogP contribution in [0.3, 0.4) is 0 Å². The van der Waals surface area contributed by atoms with Crippen LogP contribution in [0, 0.1) is 0 Å². The molecule has 0 aromatic heterocycles. The van der Waals surface area contributed by atoms with Gasteiger partial charge in [0.15, 0.2) is 0 Å². The second-order valence-electron chi connectivity index (χ2n) is 8.20. The van der Waals surface area contributed by atoms with Crippen LogP contribution in [0.15, 0.2) is 24.3 Å². The van der Waals surface area contributed by atoms with Crippen LogP contribution in [0.1, 0.15) is 44.1 Å². The predicted molar refractivity (Wildman–Crippen MR) is 124 cm³/mol. The average molecular weight is 479 g/mol.